The van der Waals surface area contributed by atoms with Gasteiger partial charge in [-0.2, -0.15) is 4.31 Å². The summed E-state index contributed by atoms with van der Waals surface area (Å²) in [7, 11) is -1.96. The lowest BCUT2D eigenvalue weighted by Crippen LogP contribution is -2.40. The van der Waals surface area contributed by atoms with Gasteiger partial charge in [0, 0.05) is 25.2 Å². The summed E-state index contributed by atoms with van der Waals surface area (Å²) in [6.07, 6.45) is 4.19. The van der Waals surface area contributed by atoms with E-state index in [4.69, 9.17) is 4.74 Å². The number of sulfonamides is 1. The van der Waals surface area contributed by atoms with Gasteiger partial charge >= 0.3 is 0 Å². The molecule has 0 radical (unpaired) electrons. The molecule has 0 aliphatic carbocycles. The van der Waals surface area contributed by atoms with Crippen molar-refractivity contribution < 1.29 is 13.2 Å². The summed E-state index contributed by atoms with van der Waals surface area (Å²) in [5.41, 5.74) is 1.01. The van der Waals surface area contributed by atoms with Crippen molar-refractivity contribution in [3.8, 4) is 11.4 Å². The van der Waals surface area contributed by atoms with E-state index in [0.29, 0.717) is 30.2 Å². The molecule has 2 aromatic carbocycles. The van der Waals surface area contributed by atoms with Crippen LogP contribution in [0.15, 0.2) is 65.8 Å². The van der Waals surface area contributed by atoms with E-state index in [1.54, 1.807) is 42.0 Å². The van der Waals surface area contributed by atoms with Gasteiger partial charge in [0.25, 0.3) is 0 Å². The van der Waals surface area contributed by atoms with Crippen molar-refractivity contribution in [3.05, 3.63) is 66.7 Å². The Balaban J connectivity index is 1.50. The molecule has 1 saturated heterocycles. The molecule has 152 valence electrons. The first-order chi connectivity index (χ1) is 14.1. The Kier molecular flexibility index (Phi) is 5.64. The molecule has 1 atom stereocenters. The number of hydrogen-bond acceptors (Lipinski definition) is 5. The zero-order valence-electron chi connectivity index (χ0n) is 16.3. The number of benzene rings is 2. The summed E-state index contributed by atoms with van der Waals surface area (Å²) < 4.78 is 34.8. The van der Waals surface area contributed by atoms with Crippen LogP contribution in [0.3, 0.4) is 0 Å². The van der Waals surface area contributed by atoms with Gasteiger partial charge in [-0.25, -0.2) is 8.42 Å². The van der Waals surface area contributed by atoms with E-state index in [1.807, 2.05) is 34.9 Å². The number of ether oxygens (including phenoxy) is 1. The zero-order chi connectivity index (χ0) is 20.3. The van der Waals surface area contributed by atoms with Crippen LogP contribution in [0.1, 0.15) is 18.7 Å². The molecule has 3 aromatic rings. The van der Waals surface area contributed by atoms with E-state index >= 15 is 0 Å². The number of para-hydroxylation sites is 1. The van der Waals surface area contributed by atoms with Crippen LogP contribution in [0.4, 0.5) is 0 Å². The van der Waals surface area contributed by atoms with Gasteiger partial charge in [-0.05, 0) is 55.2 Å². The van der Waals surface area contributed by atoms with Crippen LogP contribution in [0.25, 0.3) is 5.69 Å². The topological polar surface area (TPSA) is 77.3 Å². The fourth-order valence-electron chi connectivity index (χ4n) is 3.77. The smallest absolute Gasteiger partial charge is 0.243 e. The first-order valence-corrected chi connectivity index (χ1v) is 11.1. The maximum atomic E-state index is 13.1. The van der Waals surface area contributed by atoms with Crippen molar-refractivity contribution in [2.45, 2.75) is 24.2 Å². The van der Waals surface area contributed by atoms with Gasteiger partial charge in [-0.3, -0.25) is 4.57 Å². The molecular formula is C21H24N4O3S. The highest BCUT2D eigenvalue weighted by Crippen LogP contribution is 2.27. The highest BCUT2D eigenvalue weighted by Gasteiger charge is 2.31. The SMILES string of the molecule is COc1ccc(S(=O)(=O)N2CCCC(Cc3nncn3-c3ccccc3)C2)cc1. The average molecular weight is 413 g/mol. The van der Waals surface area contributed by atoms with Crippen LogP contribution in [0.5, 0.6) is 5.75 Å². The van der Waals surface area contributed by atoms with E-state index < -0.39 is 10.0 Å². The number of rotatable bonds is 6. The van der Waals surface area contributed by atoms with Crippen molar-refractivity contribution >= 4 is 10.0 Å². The maximum absolute atomic E-state index is 13.1. The van der Waals surface area contributed by atoms with Gasteiger partial charge in [-0.15, -0.1) is 10.2 Å². The summed E-state index contributed by atoms with van der Waals surface area (Å²) in [5.74, 6) is 1.69. The lowest BCUT2D eigenvalue weighted by molar-refractivity contribution is 0.262. The second-order valence-electron chi connectivity index (χ2n) is 7.20. The van der Waals surface area contributed by atoms with Gasteiger partial charge in [0.05, 0.1) is 12.0 Å². The van der Waals surface area contributed by atoms with E-state index in [9.17, 15) is 8.42 Å². The van der Waals surface area contributed by atoms with Crippen LogP contribution in [0.2, 0.25) is 0 Å². The number of nitrogens with zero attached hydrogens (tertiary/aromatic N) is 4. The summed E-state index contributed by atoms with van der Waals surface area (Å²) in [6.45, 7) is 1.02. The first kappa shape index (κ1) is 19.6. The summed E-state index contributed by atoms with van der Waals surface area (Å²) in [6, 6.07) is 16.5. The normalized spacial score (nSPS) is 17.9. The first-order valence-electron chi connectivity index (χ1n) is 9.66. The highest BCUT2D eigenvalue weighted by atomic mass is 32.2. The van der Waals surface area contributed by atoms with Gasteiger partial charge in [0.1, 0.15) is 17.9 Å². The van der Waals surface area contributed by atoms with Crippen molar-refractivity contribution in [1.29, 1.82) is 0 Å². The van der Waals surface area contributed by atoms with Crippen LogP contribution >= 0.6 is 0 Å². The lowest BCUT2D eigenvalue weighted by atomic mass is 9.96. The molecule has 0 spiro atoms. The minimum atomic E-state index is -3.53. The Morgan fingerprint density at radius 3 is 2.59 bits per heavy atom. The molecule has 8 heteroatoms. The molecule has 0 saturated carbocycles. The summed E-state index contributed by atoms with van der Waals surface area (Å²) in [4.78, 5) is 0.298. The predicted molar refractivity (Wildman–Crippen MR) is 110 cm³/mol. The van der Waals surface area contributed by atoms with Crippen molar-refractivity contribution in [3.63, 3.8) is 0 Å². The Labute approximate surface area is 171 Å². The lowest BCUT2D eigenvalue weighted by Gasteiger charge is -2.31. The molecule has 0 N–H and O–H groups in total. The van der Waals surface area contributed by atoms with Crippen LogP contribution in [0, 0.1) is 5.92 Å². The molecule has 1 aromatic heterocycles. The quantitative estimate of drug-likeness (QED) is 0.622. The third-order valence-corrected chi connectivity index (χ3v) is 7.18. The summed E-state index contributed by atoms with van der Waals surface area (Å²) in [5, 5.41) is 8.35. The Bertz CT molecular complexity index is 1050. The molecule has 0 amide bonds. The fourth-order valence-corrected chi connectivity index (χ4v) is 5.32. The van der Waals surface area contributed by atoms with Crippen LogP contribution in [-0.2, 0) is 16.4 Å². The molecule has 4 rings (SSSR count). The van der Waals surface area contributed by atoms with Gasteiger partial charge in [-0.1, -0.05) is 18.2 Å². The fraction of sp³-hybridized carbons (Fsp3) is 0.333. The molecule has 2 heterocycles. The number of piperidine rings is 1. The molecule has 1 aliphatic rings. The largest absolute Gasteiger partial charge is 0.497 e. The van der Waals surface area contributed by atoms with E-state index in [1.165, 1.54) is 0 Å². The van der Waals surface area contributed by atoms with Crippen molar-refractivity contribution in [2.75, 3.05) is 20.2 Å². The second kappa shape index (κ2) is 8.34. The molecule has 7 nitrogen and oxygen atoms in total. The van der Waals surface area contributed by atoms with E-state index in [2.05, 4.69) is 10.2 Å². The average Bonchev–Trinajstić information content (AvgIpc) is 3.22. The van der Waals surface area contributed by atoms with Gasteiger partial charge < -0.3 is 4.74 Å². The molecule has 29 heavy (non-hydrogen) atoms. The zero-order valence-corrected chi connectivity index (χ0v) is 17.1. The van der Waals surface area contributed by atoms with Crippen molar-refractivity contribution in [2.24, 2.45) is 5.92 Å². The number of aromatic nitrogens is 3. The van der Waals surface area contributed by atoms with Crippen LogP contribution in [-0.4, -0.2) is 47.7 Å². The standard InChI is InChI=1S/C21H24N4O3S/c1-28-19-9-11-20(12-10-19)29(26,27)24-13-5-6-17(15-24)14-21-23-22-16-25(21)18-7-3-2-4-8-18/h2-4,7-12,16-17H,5-6,13-15H2,1H3. The Morgan fingerprint density at radius 2 is 1.86 bits per heavy atom. The minimum Gasteiger partial charge on any atom is -0.497 e. The molecule has 1 aliphatic heterocycles. The molecule has 0 bridgehead atoms. The molecular weight excluding hydrogens is 388 g/mol. The molecule has 1 unspecified atom stereocenters. The highest BCUT2D eigenvalue weighted by molar-refractivity contribution is 7.89. The Hall–Kier alpha value is -2.71. The van der Waals surface area contributed by atoms with Gasteiger partial charge in [0.2, 0.25) is 10.0 Å². The van der Waals surface area contributed by atoms with E-state index in [-0.39, 0.29) is 5.92 Å². The maximum Gasteiger partial charge on any atom is 0.243 e. The minimum absolute atomic E-state index is 0.198. The summed E-state index contributed by atoms with van der Waals surface area (Å²) >= 11 is 0. The van der Waals surface area contributed by atoms with E-state index in [0.717, 1.165) is 24.4 Å². The van der Waals surface area contributed by atoms with Gasteiger partial charge in [0.15, 0.2) is 0 Å². The third kappa shape index (κ3) is 4.18. The third-order valence-electron chi connectivity index (χ3n) is 5.30. The number of methoxy groups -OCH3 is 1. The monoisotopic (exact) mass is 412 g/mol. The predicted octanol–water partition coefficient (Wildman–Crippen LogP) is 2.92. The van der Waals surface area contributed by atoms with Crippen molar-refractivity contribution in [1.82, 2.24) is 19.1 Å². The second-order valence-corrected chi connectivity index (χ2v) is 9.14. The number of hydrogen-bond donors (Lipinski definition) is 0. The Morgan fingerprint density at radius 1 is 1.10 bits per heavy atom. The molecule has 1 fully saturated rings. The van der Waals surface area contributed by atoms with Crippen LogP contribution < -0.4 is 4.74 Å².